The fourth-order valence-electron chi connectivity index (χ4n) is 1.66. The van der Waals surface area contributed by atoms with E-state index in [2.05, 4.69) is 30.0 Å². The van der Waals surface area contributed by atoms with E-state index < -0.39 is 0 Å². The summed E-state index contributed by atoms with van der Waals surface area (Å²) in [5, 5.41) is 7.03. The molecule has 0 amide bonds. The zero-order valence-corrected chi connectivity index (χ0v) is 17.6. The molecule has 25 heavy (non-hydrogen) atoms. The minimum Gasteiger partial charge on any atom is -0.497 e. The first-order valence-corrected chi connectivity index (χ1v) is 9.03. The predicted molar refractivity (Wildman–Crippen MR) is 111 cm³/mol. The highest BCUT2D eigenvalue weighted by atomic mass is 16.5. The molecule has 2 rings (SSSR count). The molecule has 0 radical (unpaired) electrons. The maximum absolute atomic E-state index is 7.03. The topological polar surface area (TPSA) is 41.3 Å². The van der Waals surface area contributed by atoms with Crippen LogP contribution in [0.3, 0.4) is 0 Å². The van der Waals surface area contributed by atoms with Crippen LogP contribution in [0.1, 0.15) is 47.1 Å². The maximum Gasteiger partial charge on any atom is 0.119 e. The molecule has 1 aromatic heterocycles. The van der Waals surface area contributed by atoms with Gasteiger partial charge in [-0.05, 0) is 56.7 Å². The largest absolute Gasteiger partial charge is 0.497 e. The van der Waals surface area contributed by atoms with Crippen LogP contribution in [0.5, 0.6) is 5.75 Å². The van der Waals surface area contributed by atoms with Gasteiger partial charge in [0.2, 0.25) is 0 Å². The SMILES string of the molecule is CC.CC.CCN(C)C(C)=N.COc1ccc(-n2ccc(C)c2)cc1. The minimum absolute atomic E-state index is 0.627. The van der Waals surface area contributed by atoms with E-state index >= 15 is 0 Å². The summed E-state index contributed by atoms with van der Waals surface area (Å²) in [4.78, 5) is 1.88. The van der Waals surface area contributed by atoms with Gasteiger partial charge in [0.15, 0.2) is 0 Å². The van der Waals surface area contributed by atoms with Gasteiger partial charge < -0.3 is 14.2 Å². The zero-order chi connectivity index (χ0) is 19.8. The van der Waals surface area contributed by atoms with Crippen LogP contribution in [0.2, 0.25) is 0 Å². The van der Waals surface area contributed by atoms with Crippen molar-refractivity contribution in [2.24, 2.45) is 0 Å². The van der Waals surface area contributed by atoms with Crippen molar-refractivity contribution in [1.29, 1.82) is 5.41 Å². The van der Waals surface area contributed by atoms with Crippen LogP contribution < -0.4 is 4.74 Å². The Hall–Kier alpha value is -2.23. The molecule has 4 heteroatoms. The molecule has 2 aromatic rings. The lowest BCUT2D eigenvalue weighted by molar-refractivity contribution is 0.415. The molecular weight excluding hydrogens is 310 g/mol. The molecule has 0 unspecified atom stereocenters. The average molecular weight is 348 g/mol. The summed E-state index contributed by atoms with van der Waals surface area (Å²) in [7, 11) is 3.58. The first-order valence-electron chi connectivity index (χ1n) is 9.03. The summed E-state index contributed by atoms with van der Waals surface area (Å²) in [6.07, 6.45) is 4.15. The number of hydrogen-bond acceptors (Lipinski definition) is 2. The Balaban J connectivity index is 0. The van der Waals surface area contributed by atoms with Gasteiger partial charge in [-0.1, -0.05) is 27.7 Å². The van der Waals surface area contributed by atoms with Crippen molar-refractivity contribution >= 4 is 5.84 Å². The second kappa shape index (κ2) is 15.3. The Kier molecular flexibility index (Phi) is 15.3. The third kappa shape index (κ3) is 10.3. The molecule has 0 fully saturated rings. The number of nitrogens with zero attached hydrogens (tertiary/aromatic N) is 2. The van der Waals surface area contributed by atoms with E-state index in [0.717, 1.165) is 18.0 Å². The Morgan fingerprint density at radius 3 is 1.88 bits per heavy atom. The second-order valence-electron chi connectivity index (χ2n) is 4.89. The molecule has 0 atom stereocenters. The first-order chi connectivity index (χ1) is 12.0. The number of benzene rings is 1. The Morgan fingerprint density at radius 2 is 1.60 bits per heavy atom. The maximum atomic E-state index is 7.03. The molecule has 0 spiro atoms. The number of methoxy groups -OCH3 is 1. The molecule has 0 aliphatic rings. The third-order valence-corrected chi connectivity index (χ3v) is 3.26. The van der Waals surface area contributed by atoms with Crippen LogP contribution in [0.25, 0.3) is 5.69 Å². The van der Waals surface area contributed by atoms with Gasteiger partial charge in [0, 0.05) is 31.7 Å². The van der Waals surface area contributed by atoms with Gasteiger partial charge >= 0.3 is 0 Å². The Bertz CT molecular complexity index is 559. The van der Waals surface area contributed by atoms with E-state index in [0.29, 0.717) is 5.84 Å². The van der Waals surface area contributed by atoms with Crippen molar-refractivity contribution in [3.8, 4) is 11.4 Å². The molecule has 0 bridgehead atoms. The monoisotopic (exact) mass is 347 g/mol. The first kappa shape index (κ1) is 25.0. The molecule has 0 saturated heterocycles. The number of aromatic nitrogens is 1. The summed E-state index contributed by atoms with van der Waals surface area (Å²) in [5.41, 5.74) is 2.42. The number of amidine groups is 1. The quantitative estimate of drug-likeness (QED) is 0.564. The molecule has 1 N–H and O–H groups in total. The fraction of sp³-hybridized carbons (Fsp3) is 0.476. The molecule has 0 saturated carbocycles. The lowest BCUT2D eigenvalue weighted by Gasteiger charge is -2.12. The number of nitrogens with one attached hydrogen (secondary N) is 1. The molecule has 1 heterocycles. The summed E-state index contributed by atoms with van der Waals surface area (Å²) in [6.45, 7) is 14.8. The minimum atomic E-state index is 0.627. The van der Waals surface area contributed by atoms with Crippen LogP contribution in [0.4, 0.5) is 0 Å². The molecule has 4 nitrogen and oxygen atoms in total. The van der Waals surface area contributed by atoms with Gasteiger partial charge in [-0.3, -0.25) is 5.41 Å². The molecular formula is C21H37N3O. The van der Waals surface area contributed by atoms with E-state index in [9.17, 15) is 0 Å². The highest BCUT2D eigenvalue weighted by Gasteiger charge is 1.96. The summed E-state index contributed by atoms with van der Waals surface area (Å²) in [5.74, 6) is 1.51. The number of ether oxygens (including phenoxy) is 1. The second-order valence-corrected chi connectivity index (χ2v) is 4.89. The van der Waals surface area contributed by atoms with Crippen LogP contribution in [-0.4, -0.2) is 36.0 Å². The van der Waals surface area contributed by atoms with Gasteiger partial charge in [0.25, 0.3) is 0 Å². The number of aryl methyl sites for hydroxylation is 1. The van der Waals surface area contributed by atoms with E-state index in [4.69, 9.17) is 10.1 Å². The van der Waals surface area contributed by atoms with Gasteiger partial charge in [0.1, 0.15) is 5.75 Å². The van der Waals surface area contributed by atoms with Crippen molar-refractivity contribution < 1.29 is 4.74 Å². The lowest BCUT2D eigenvalue weighted by Crippen LogP contribution is -2.22. The van der Waals surface area contributed by atoms with Crippen molar-refractivity contribution in [1.82, 2.24) is 9.47 Å². The summed E-state index contributed by atoms with van der Waals surface area (Å²) >= 11 is 0. The normalized spacial score (nSPS) is 8.52. The summed E-state index contributed by atoms with van der Waals surface area (Å²) < 4.78 is 7.19. The Morgan fingerprint density at radius 1 is 1.08 bits per heavy atom. The van der Waals surface area contributed by atoms with Crippen LogP contribution in [-0.2, 0) is 0 Å². The Labute approximate surface area is 154 Å². The van der Waals surface area contributed by atoms with Gasteiger partial charge in [0.05, 0.1) is 12.9 Å². The summed E-state index contributed by atoms with van der Waals surface area (Å²) in [6, 6.07) is 10.1. The fourth-order valence-corrected chi connectivity index (χ4v) is 1.66. The molecule has 1 aromatic carbocycles. The molecule has 0 aliphatic heterocycles. The average Bonchev–Trinajstić information content (AvgIpc) is 3.11. The lowest BCUT2D eigenvalue weighted by atomic mass is 10.3. The van der Waals surface area contributed by atoms with E-state index in [-0.39, 0.29) is 0 Å². The van der Waals surface area contributed by atoms with Crippen molar-refractivity contribution in [3.05, 3.63) is 48.3 Å². The zero-order valence-electron chi connectivity index (χ0n) is 17.6. The van der Waals surface area contributed by atoms with E-state index in [1.165, 1.54) is 5.56 Å². The van der Waals surface area contributed by atoms with Crippen molar-refractivity contribution in [3.63, 3.8) is 0 Å². The number of rotatable bonds is 3. The predicted octanol–water partition coefficient (Wildman–Crippen LogP) is 5.78. The van der Waals surface area contributed by atoms with Gasteiger partial charge in [-0.15, -0.1) is 0 Å². The molecule has 0 aliphatic carbocycles. The highest BCUT2D eigenvalue weighted by Crippen LogP contribution is 2.15. The van der Waals surface area contributed by atoms with Crippen LogP contribution >= 0.6 is 0 Å². The van der Waals surface area contributed by atoms with Crippen molar-refractivity contribution in [2.45, 2.75) is 48.5 Å². The van der Waals surface area contributed by atoms with Crippen LogP contribution in [0, 0.1) is 12.3 Å². The van der Waals surface area contributed by atoms with E-state index in [1.54, 1.807) is 14.0 Å². The van der Waals surface area contributed by atoms with Gasteiger partial charge in [-0.25, -0.2) is 0 Å². The van der Waals surface area contributed by atoms with E-state index in [1.807, 2.05) is 70.8 Å². The molecule has 142 valence electrons. The standard InChI is InChI=1S/C12H13NO.C5H12N2.2C2H6/c1-10-7-8-13(9-10)11-3-5-12(14-2)6-4-11;1-4-7(3)5(2)6;2*1-2/h3-9H,1-2H3;6H,4H2,1-3H3;2*1-2H3. The van der Waals surface area contributed by atoms with Crippen molar-refractivity contribution in [2.75, 3.05) is 20.7 Å². The van der Waals surface area contributed by atoms with Crippen LogP contribution in [0.15, 0.2) is 42.7 Å². The third-order valence-electron chi connectivity index (χ3n) is 3.26. The van der Waals surface area contributed by atoms with Gasteiger partial charge in [-0.2, -0.15) is 0 Å². The number of hydrogen-bond donors (Lipinski definition) is 1. The highest BCUT2D eigenvalue weighted by molar-refractivity contribution is 5.75. The smallest absolute Gasteiger partial charge is 0.119 e.